The van der Waals surface area contributed by atoms with Crippen LogP contribution < -0.4 is 10.6 Å². The summed E-state index contributed by atoms with van der Waals surface area (Å²) >= 11 is 1.80. The van der Waals surface area contributed by atoms with Gasteiger partial charge in [0.2, 0.25) is 0 Å². The van der Waals surface area contributed by atoms with E-state index in [0.29, 0.717) is 6.04 Å². The quantitative estimate of drug-likeness (QED) is 0.398. The molecule has 1 aromatic rings. The lowest BCUT2D eigenvalue weighted by Gasteiger charge is -2.47. The number of nitrogens with zero attached hydrogens (tertiary/aromatic N) is 3. The van der Waals surface area contributed by atoms with E-state index in [4.69, 9.17) is 0 Å². The van der Waals surface area contributed by atoms with E-state index in [-0.39, 0.29) is 24.0 Å². The molecule has 3 heterocycles. The smallest absolute Gasteiger partial charge is 0.191 e. The third kappa shape index (κ3) is 5.29. The molecule has 2 aliphatic rings. The molecule has 2 aliphatic heterocycles. The van der Waals surface area contributed by atoms with Gasteiger partial charge in [-0.2, -0.15) is 0 Å². The third-order valence-electron chi connectivity index (χ3n) is 5.55. The topological polar surface area (TPSA) is 52.6 Å². The van der Waals surface area contributed by atoms with Crippen molar-refractivity contribution in [1.82, 2.24) is 20.5 Å². The fraction of sp³-hybridized carbons (Fsp3) is 0.778. The number of guanidine groups is 1. The summed E-state index contributed by atoms with van der Waals surface area (Å²) in [5, 5.41) is 8.30. The van der Waals surface area contributed by atoms with Crippen LogP contribution >= 0.6 is 35.3 Å². The number of aliphatic imine (C=N–C) groups is 1. The van der Waals surface area contributed by atoms with Crippen molar-refractivity contribution in [3.8, 4) is 0 Å². The summed E-state index contributed by atoms with van der Waals surface area (Å²) in [6.07, 6.45) is 7.58. The van der Waals surface area contributed by atoms with Gasteiger partial charge >= 0.3 is 0 Å². The van der Waals surface area contributed by atoms with Gasteiger partial charge < -0.3 is 15.5 Å². The summed E-state index contributed by atoms with van der Waals surface area (Å²) in [5.41, 5.74) is 1.17. The van der Waals surface area contributed by atoms with Crippen molar-refractivity contribution in [3.05, 3.63) is 15.6 Å². The van der Waals surface area contributed by atoms with Crippen molar-refractivity contribution >= 4 is 41.3 Å². The number of hydrogen-bond acceptors (Lipinski definition) is 4. The number of aryl methyl sites for hydroxylation is 2. The molecule has 0 radical (unpaired) electrons. The van der Waals surface area contributed by atoms with E-state index < -0.39 is 0 Å². The van der Waals surface area contributed by atoms with E-state index in [2.05, 4.69) is 46.4 Å². The van der Waals surface area contributed by atoms with Gasteiger partial charge in [-0.3, -0.25) is 4.99 Å². The Morgan fingerprint density at radius 3 is 2.52 bits per heavy atom. The van der Waals surface area contributed by atoms with Gasteiger partial charge in [-0.1, -0.05) is 6.42 Å². The minimum Gasteiger partial charge on any atom is -0.356 e. The van der Waals surface area contributed by atoms with E-state index in [0.717, 1.165) is 36.0 Å². The van der Waals surface area contributed by atoms with E-state index in [9.17, 15) is 0 Å². The zero-order valence-electron chi connectivity index (χ0n) is 15.8. The molecule has 2 bridgehead atoms. The number of rotatable bonds is 4. The zero-order chi connectivity index (χ0) is 17.1. The number of thiazole rings is 1. The van der Waals surface area contributed by atoms with Crippen LogP contribution in [0.1, 0.15) is 47.7 Å². The van der Waals surface area contributed by atoms with Crippen molar-refractivity contribution in [2.45, 2.75) is 70.5 Å². The van der Waals surface area contributed by atoms with Crippen LogP contribution in [0.3, 0.4) is 0 Å². The number of piperidine rings is 2. The maximum Gasteiger partial charge on any atom is 0.191 e. The highest BCUT2D eigenvalue weighted by Gasteiger charge is 2.36. The monoisotopic (exact) mass is 477 g/mol. The van der Waals surface area contributed by atoms with Crippen LogP contribution in [0, 0.1) is 13.8 Å². The summed E-state index contributed by atoms with van der Waals surface area (Å²) < 4.78 is 0. The average molecular weight is 477 g/mol. The second-order valence-electron chi connectivity index (χ2n) is 7.21. The molecule has 0 aromatic carbocycles. The molecule has 5 nitrogen and oxygen atoms in total. The Hall–Kier alpha value is -0.410. The maximum absolute atomic E-state index is 4.50. The number of hydrogen-bond donors (Lipinski definition) is 2. The first kappa shape index (κ1) is 20.9. The molecule has 2 fully saturated rings. The minimum absolute atomic E-state index is 0. The highest BCUT2D eigenvalue weighted by molar-refractivity contribution is 14.0. The fourth-order valence-electron chi connectivity index (χ4n) is 4.22. The molecule has 0 saturated carbocycles. The highest BCUT2D eigenvalue weighted by atomic mass is 127. The Bertz CT molecular complexity index is 574. The Labute approximate surface area is 173 Å². The summed E-state index contributed by atoms with van der Waals surface area (Å²) in [6, 6.07) is 2.04. The largest absolute Gasteiger partial charge is 0.356 e. The predicted octanol–water partition coefficient (Wildman–Crippen LogP) is 3.10. The Morgan fingerprint density at radius 2 is 1.96 bits per heavy atom. The molecule has 2 unspecified atom stereocenters. The Kier molecular flexibility index (Phi) is 7.94. The standard InChI is InChI=1S/C18H31N5S.HI/c1-12-17(24-13(2)21-12)8-9-20-18(19-3)22-14-10-15-6-5-7-16(11-14)23(15)4;/h14-16H,5-11H2,1-4H3,(H2,19,20,22);1H. The van der Waals surface area contributed by atoms with Gasteiger partial charge in [-0.15, -0.1) is 35.3 Å². The normalized spacial score (nSPS) is 26.9. The molecule has 2 atom stereocenters. The summed E-state index contributed by atoms with van der Waals surface area (Å²) in [6.45, 7) is 5.08. The van der Waals surface area contributed by atoms with Gasteiger partial charge in [-0.25, -0.2) is 4.98 Å². The van der Waals surface area contributed by atoms with E-state index in [1.165, 1.54) is 42.7 Å². The molecule has 3 rings (SSSR count). The first-order valence-corrected chi connectivity index (χ1v) is 10.0. The maximum atomic E-state index is 4.50. The van der Waals surface area contributed by atoms with Crippen LogP contribution in [-0.4, -0.2) is 54.6 Å². The van der Waals surface area contributed by atoms with Crippen molar-refractivity contribution in [2.75, 3.05) is 20.6 Å². The van der Waals surface area contributed by atoms with E-state index >= 15 is 0 Å². The van der Waals surface area contributed by atoms with E-state index in [1.807, 2.05) is 7.05 Å². The second-order valence-corrected chi connectivity index (χ2v) is 8.49. The van der Waals surface area contributed by atoms with Crippen LogP contribution in [0.25, 0.3) is 0 Å². The molecule has 1 aromatic heterocycles. The molecular weight excluding hydrogens is 445 g/mol. The zero-order valence-corrected chi connectivity index (χ0v) is 19.0. The van der Waals surface area contributed by atoms with Crippen molar-refractivity contribution in [3.63, 3.8) is 0 Å². The van der Waals surface area contributed by atoms with Crippen LogP contribution in [0.5, 0.6) is 0 Å². The number of aromatic nitrogens is 1. The van der Waals surface area contributed by atoms with Crippen molar-refractivity contribution in [2.24, 2.45) is 4.99 Å². The second kappa shape index (κ2) is 9.50. The molecule has 25 heavy (non-hydrogen) atoms. The Morgan fingerprint density at radius 1 is 1.28 bits per heavy atom. The summed E-state index contributed by atoms with van der Waals surface area (Å²) in [5.74, 6) is 0.946. The van der Waals surface area contributed by atoms with Crippen molar-refractivity contribution < 1.29 is 0 Å². The minimum atomic E-state index is 0. The van der Waals surface area contributed by atoms with Gasteiger partial charge in [0.15, 0.2) is 5.96 Å². The van der Waals surface area contributed by atoms with Gasteiger partial charge in [0.1, 0.15) is 0 Å². The molecule has 142 valence electrons. The SMILES string of the molecule is CN=C(NCCc1sc(C)nc1C)NC1CC2CCCC(C1)N2C.I. The summed E-state index contributed by atoms with van der Waals surface area (Å²) in [4.78, 5) is 12.9. The third-order valence-corrected chi connectivity index (χ3v) is 6.68. The van der Waals surface area contributed by atoms with Crippen LogP contribution in [0.15, 0.2) is 4.99 Å². The lowest BCUT2D eigenvalue weighted by atomic mass is 9.82. The molecule has 0 amide bonds. The van der Waals surface area contributed by atoms with E-state index in [1.54, 1.807) is 11.3 Å². The first-order valence-electron chi connectivity index (χ1n) is 9.19. The molecule has 0 aliphatic carbocycles. The number of halogens is 1. The molecule has 2 N–H and O–H groups in total. The number of fused-ring (bicyclic) bond motifs is 2. The lowest BCUT2D eigenvalue weighted by molar-refractivity contribution is 0.0526. The molecule has 2 saturated heterocycles. The number of nitrogens with one attached hydrogen (secondary N) is 2. The summed E-state index contributed by atoms with van der Waals surface area (Å²) in [7, 11) is 4.17. The predicted molar refractivity (Wildman–Crippen MR) is 117 cm³/mol. The van der Waals surface area contributed by atoms with Crippen molar-refractivity contribution in [1.29, 1.82) is 0 Å². The van der Waals surface area contributed by atoms with Crippen LogP contribution in [0.4, 0.5) is 0 Å². The van der Waals surface area contributed by atoms with Crippen LogP contribution in [-0.2, 0) is 6.42 Å². The fourth-order valence-corrected chi connectivity index (χ4v) is 5.16. The molecule has 7 heteroatoms. The Balaban J connectivity index is 0.00000225. The molecule has 0 spiro atoms. The highest BCUT2D eigenvalue weighted by Crippen LogP contribution is 2.32. The first-order chi connectivity index (χ1) is 11.6. The van der Waals surface area contributed by atoms with Gasteiger partial charge in [-0.05, 0) is 46.6 Å². The molecular formula is C18H32IN5S. The van der Waals surface area contributed by atoms with Gasteiger partial charge in [0, 0.05) is 43.0 Å². The van der Waals surface area contributed by atoms with Gasteiger partial charge in [0.05, 0.1) is 10.7 Å². The average Bonchev–Trinajstić information content (AvgIpc) is 2.85. The van der Waals surface area contributed by atoms with Crippen LogP contribution in [0.2, 0.25) is 0 Å². The van der Waals surface area contributed by atoms with Gasteiger partial charge in [0.25, 0.3) is 0 Å². The lowest BCUT2D eigenvalue weighted by Crippen LogP contribution is -2.56.